The van der Waals surface area contributed by atoms with E-state index in [1.807, 2.05) is 61.5 Å². The predicted octanol–water partition coefficient (Wildman–Crippen LogP) is 5.34. The molecule has 1 aromatic heterocycles. The molecule has 5 heteroatoms. The monoisotopic (exact) mass is 368 g/mol. The van der Waals surface area contributed by atoms with Gasteiger partial charge in [0.15, 0.2) is 0 Å². The maximum Gasteiger partial charge on any atom is 0.229 e. The molecule has 3 rings (SSSR count). The van der Waals surface area contributed by atoms with E-state index < -0.39 is 0 Å². The van der Waals surface area contributed by atoms with Gasteiger partial charge in [0.1, 0.15) is 5.82 Å². The zero-order valence-electron chi connectivity index (χ0n) is 13.0. The van der Waals surface area contributed by atoms with Crippen LogP contribution in [0.2, 0.25) is 0 Å². The summed E-state index contributed by atoms with van der Waals surface area (Å²) in [5.41, 5.74) is 4.02. The third kappa shape index (κ3) is 4.07. The number of halogens is 1. The van der Waals surface area contributed by atoms with Crippen molar-refractivity contribution in [2.75, 3.05) is 10.6 Å². The first-order valence-corrected chi connectivity index (χ1v) is 8.10. The standard InChI is InChI=1S/C18H17BrN4/c1-12-8-9-15(11-16(12)19)22-18-20-13(2)10-17(23-18)21-14-6-4-3-5-7-14/h3-11H,1-2H3,(H2,20,21,22,23). The Hall–Kier alpha value is -2.40. The van der Waals surface area contributed by atoms with Crippen LogP contribution in [0.25, 0.3) is 0 Å². The molecule has 0 atom stereocenters. The van der Waals surface area contributed by atoms with Gasteiger partial charge < -0.3 is 10.6 Å². The van der Waals surface area contributed by atoms with E-state index in [0.717, 1.165) is 27.4 Å². The Balaban J connectivity index is 1.83. The molecule has 0 amide bonds. The molecule has 2 aromatic carbocycles. The molecule has 4 nitrogen and oxygen atoms in total. The molecule has 116 valence electrons. The Bertz CT molecular complexity index is 819. The molecule has 1 heterocycles. The Morgan fingerprint density at radius 1 is 0.826 bits per heavy atom. The van der Waals surface area contributed by atoms with Crippen LogP contribution >= 0.6 is 15.9 Å². The summed E-state index contributed by atoms with van der Waals surface area (Å²) in [4.78, 5) is 8.97. The van der Waals surface area contributed by atoms with Gasteiger partial charge in [0.2, 0.25) is 5.95 Å². The summed E-state index contributed by atoms with van der Waals surface area (Å²) < 4.78 is 1.05. The van der Waals surface area contributed by atoms with Crippen LogP contribution < -0.4 is 10.6 Å². The van der Waals surface area contributed by atoms with Gasteiger partial charge in [-0.2, -0.15) is 4.98 Å². The summed E-state index contributed by atoms with van der Waals surface area (Å²) in [5, 5.41) is 6.54. The van der Waals surface area contributed by atoms with Gasteiger partial charge in [0, 0.05) is 27.6 Å². The smallest absolute Gasteiger partial charge is 0.229 e. The third-order valence-electron chi connectivity index (χ3n) is 3.33. The SMILES string of the molecule is Cc1cc(Nc2ccccc2)nc(Nc2ccc(C)c(Br)c2)n1. The molecule has 0 spiro atoms. The average Bonchev–Trinajstić information content (AvgIpc) is 2.51. The fourth-order valence-corrected chi connectivity index (χ4v) is 2.54. The van der Waals surface area contributed by atoms with Crippen molar-refractivity contribution < 1.29 is 0 Å². The molecule has 2 N–H and O–H groups in total. The van der Waals surface area contributed by atoms with Crippen molar-refractivity contribution >= 4 is 39.1 Å². The third-order valence-corrected chi connectivity index (χ3v) is 4.18. The van der Waals surface area contributed by atoms with Gasteiger partial charge in [0.05, 0.1) is 0 Å². The minimum atomic E-state index is 0.569. The normalized spacial score (nSPS) is 10.4. The van der Waals surface area contributed by atoms with Gasteiger partial charge in [0.25, 0.3) is 0 Å². The highest BCUT2D eigenvalue weighted by molar-refractivity contribution is 9.10. The van der Waals surface area contributed by atoms with E-state index >= 15 is 0 Å². The Kier molecular flexibility index (Phi) is 4.57. The van der Waals surface area contributed by atoms with Gasteiger partial charge in [-0.05, 0) is 43.7 Å². The van der Waals surface area contributed by atoms with Crippen LogP contribution in [0.5, 0.6) is 0 Å². The lowest BCUT2D eigenvalue weighted by atomic mass is 10.2. The quantitative estimate of drug-likeness (QED) is 0.652. The summed E-state index contributed by atoms with van der Waals surface area (Å²) >= 11 is 3.54. The second-order valence-corrected chi connectivity index (χ2v) is 6.15. The van der Waals surface area contributed by atoms with Gasteiger partial charge in [-0.3, -0.25) is 0 Å². The van der Waals surface area contributed by atoms with Gasteiger partial charge >= 0.3 is 0 Å². The van der Waals surface area contributed by atoms with Crippen LogP contribution in [-0.4, -0.2) is 9.97 Å². The maximum absolute atomic E-state index is 4.53. The number of rotatable bonds is 4. The second kappa shape index (κ2) is 6.79. The van der Waals surface area contributed by atoms with Crippen molar-refractivity contribution in [2.24, 2.45) is 0 Å². The minimum Gasteiger partial charge on any atom is -0.340 e. The van der Waals surface area contributed by atoms with Gasteiger partial charge in [-0.1, -0.05) is 40.2 Å². The van der Waals surface area contributed by atoms with Crippen molar-refractivity contribution in [3.63, 3.8) is 0 Å². The molecule has 0 aliphatic rings. The fraction of sp³-hybridized carbons (Fsp3) is 0.111. The van der Waals surface area contributed by atoms with Crippen LogP contribution in [0.4, 0.5) is 23.1 Å². The first-order chi connectivity index (χ1) is 11.1. The van der Waals surface area contributed by atoms with Crippen molar-refractivity contribution in [2.45, 2.75) is 13.8 Å². The summed E-state index contributed by atoms with van der Waals surface area (Å²) in [6.45, 7) is 4.01. The first-order valence-electron chi connectivity index (χ1n) is 7.31. The molecule has 23 heavy (non-hydrogen) atoms. The van der Waals surface area contributed by atoms with Crippen molar-refractivity contribution in [1.82, 2.24) is 9.97 Å². The maximum atomic E-state index is 4.53. The molecule has 0 saturated heterocycles. The molecular formula is C18H17BrN4. The second-order valence-electron chi connectivity index (χ2n) is 5.30. The van der Waals surface area contributed by atoms with Crippen LogP contribution in [0.3, 0.4) is 0 Å². The summed E-state index contributed by atoms with van der Waals surface area (Å²) in [6, 6.07) is 18.0. The van der Waals surface area contributed by atoms with Gasteiger partial charge in [-0.15, -0.1) is 0 Å². The number of nitrogens with zero attached hydrogens (tertiary/aromatic N) is 2. The number of aryl methyl sites for hydroxylation is 2. The first kappa shape index (κ1) is 15.5. The number of aromatic nitrogens is 2. The van der Waals surface area contributed by atoms with Gasteiger partial charge in [-0.25, -0.2) is 4.98 Å². The van der Waals surface area contributed by atoms with E-state index in [1.165, 1.54) is 5.56 Å². The van der Waals surface area contributed by atoms with Crippen LogP contribution in [0.15, 0.2) is 59.1 Å². The van der Waals surface area contributed by atoms with E-state index in [9.17, 15) is 0 Å². The molecule has 3 aromatic rings. The number of nitrogens with one attached hydrogen (secondary N) is 2. The van der Waals surface area contributed by atoms with E-state index in [0.29, 0.717) is 5.95 Å². The molecule has 0 fully saturated rings. The Morgan fingerprint density at radius 3 is 2.35 bits per heavy atom. The minimum absolute atomic E-state index is 0.569. The average molecular weight is 369 g/mol. The highest BCUT2D eigenvalue weighted by Crippen LogP contribution is 2.23. The van der Waals surface area contributed by atoms with E-state index in [2.05, 4.69) is 43.5 Å². The molecule has 0 aliphatic heterocycles. The summed E-state index contributed by atoms with van der Waals surface area (Å²) in [5.74, 6) is 1.33. The Labute approximate surface area is 144 Å². The largest absolute Gasteiger partial charge is 0.340 e. The van der Waals surface area contributed by atoms with Crippen LogP contribution in [0.1, 0.15) is 11.3 Å². The number of para-hydroxylation sites is 1. The van der Waals surface area contributed by atoms with E-state index in [1.54, 1.807) is 0 Å². The molecular weight excluding hydrogens is 352 g/mol. The fourth-order valence-electron chi connectivity index (χ4n) is 2.16. The molecule has 0 bridgehead atoms. The summed E-state index contributed by atoms with van der Waals surface area (Å²) in [6.07, 6.45) is 0. The topological polar surface area (TPSA) is 49.8 Å². The van der Waals surface area contributed by atoms with E-state index in [4.69, 9.17) is 0 Å². The number of anilines is 4. The molecule has 0 aliphatic carbocycles. The van der Waals surface area contributed by atoms with Crippen molar-refractivity contribution in [1.29, 1.82) is 0 Å². The molecule has 0 radical (unpaired) electrons. The predicted molar refractivity (Wildman–Crippen MR) is 98.7 cm³/mol. The number of hydrogen-bond acceptors (Lipinski definition) is 4. The lowest BCUT2D eigenvalue weighted by Crippen LogP contribution is -2.02. The highest BCUT2D eigenvalue weighted by atomic mass is 79.9. The van der Waals surface area contributed by atoms with Crippen molar-refractivity contribution in [3.05, 3.63) is 70.3 Å². The Morgan fingerprint density at radius 2 is 1.61 bits per heavy atom. The number of hydrogen-bond donors (Lipinski definition) is 2. The van der Waals surface area contributed by atoms with E-state index in [-0.39, 0.29) is 0 Å². The highest BCUT2D eigenvalue weighted by Gasteiger charge is 2.04. The van der Waals surface area contributed by atoms with Crippen LogP contribution in [-0.2, 0) is 0 Å². The zero-order chi connectivity index (χ0) is 16.2. The summed E-state index contributed by atoms with van der Waals surface area (Å²) in [7, 11) is 0. The lowest BCUT2D eigenvalue weighted by Gasteiger charge is -2.10. The zero-order valence-corrected chi connectivity index (χ0v) is 14.6. The molecule has 0 saturated carbocycles. The number of benzene rings is 2. The van der Waals surface area contributed by atoms with Crippen LogP contribution in [0, 0.1) is 13.8 Å². The molecule has 0 unspecified atom stereocenters. The van der Waals surface area contributed by atoms with Crippen molar-refractivity contribution in [3.8, 4) is 0 Å². The lowest BCUT2D eigenvalue weighted by molar-refractivity contribution is 1.11.